The molecular weight excluding hydrogens is 228 g/mol. The molecule has 0 N–H and O–H groups in total. The average Bonchev–Trinajstić information content (AvgIpc) is 2.83. The summed E-state index contributed by atoms with van der Waals surface area (Å²) >= 11 is 0. The van der Waals surface area contributed by atoms with Gasteiger partial charge in [-0.1, -0.05) is 6.92 Å². The number of imidazole rings is 1. The molecule has 0 aromatic carbocycles. The maximum atomic E-state index is 12.1. The van der Waals surface area contributed by atoms with E-state index in [2.05, 4.69) is 16.8 Å². The molecule has 0 unspecified atom stereocenters. The normalized spacial score (nSPS) is 20.1. The number of aromatic nitrogens is 2. The summed E-state index contributed by atoms with van der Waals surface area (Å²) in [4.78, 5) is 6.00. The molecule has 0 spiro atoms. The molecule has 0 atom stereocenters. The molecule has 0 aliphatic carbocycles. The van der Waals surface area contributed by atoms with E-state index in [-0.39, 0.29) is 0 Å². The van der Waals surface area contributed by atoms with Gasteiger partial charge in [-0.25, -0.2) is 8.96 Å². The van der Waals surface area contributed by atoms with Crippen molar-refractivity contribution < 1.29 is 8.42 Å². The topological polar surface area (TPSA) is 58.4 Å². The smallest absolute Gasteiger partial charge is 0.301 e. The molecule has 90 valence electrons. The van der Waals surface area contributed by atoms with Gasteiger partial charge in [-0.2, -0.15) is 12.7 Å². The molecule has 2 heterocycles. The summed E-state index contributed by atoms with van der Waals surface area (Å²) in [5.74, 6) is 0. The fraction of sp³-hybridized carbons (Fsp3) is 0.667. The van der Waals surface area contributed by atoms with Crippen LogP contribution >= 0.6 is 0 Å². The average molecular weight is 244 g/mol. The first-order valence-electron chi connectivity index (χ1n) is 5.35. The Hall–Kier alpha value is -0.920. The van der Waals surface area contributed by atoms with Crippen LogP contribution in [-0.4, -0.2) is 59.3 Å². The van der Waals surface area contributed by atoms with Crippen LogP contribution in [0.15, 0.2) is 18.7 Å². The van der Waals surface area contributed by atoms with E-state index in [0.717, 1.165) is 23.6 Å². The Morgan fingerprint density at radius 2 is 1.94 bits per heavy atom. The van der Waals surface area contributed by atoms with Gasteiger partial charge in [0.25, 0.3) is 0 Å². The Labute approximate surface area is 95.7 Å². The Morgan fingerprint density at radius 1 is 1.25 bits per heavy atom. The highest BCUT2D eigenvalue weighted by molar-refractivity contribution is 7.87. The molecule has 7 heteroatoms. The molecule has 2 rings (SSSR count). The van der Waals surface area contributed by atoms with Crippen LogP contribution < -0.4 is 0 Å². The number of nitrogens with zero attached hydrogens (tertiary/aromatic N) is 4. The molecule has 0 bridgehead atoms. The van der Waals surface area contributed by atoms with Crippen molar-refractivity contribution in [3.63, 3.8) is 0 Å². The number of hydrogen-bond donors (Lipinski definition) is 0. The van der Waals surface area contributed by atoms with Gasteiger partial charge in [0.2, 0.25) is 0 Å². The molecule has 1 aromatic heterocycles. The van der Waals surface area contributed by atoms with Crippen molar-refractivity contribution in [1.82, 2.24) is 18.2 Å². The molecule has 0 saturated carbocycles. The van der Waals surface area contributed by atoms with Crippen LogP contribution in [0.5, 0.6) is 0 Å². The van der Waals surface area contributed by atoms with Gasteiger partial charge in [-0.15, -0.1) is 0 Å². The lowest BCUT2D eigenvalue weighted by atomic mass is 10.4. The van der Waals surface area contributed by atoms with Crippen LogP contribution in [0.25, 0.3) is 0 Å². The van der Waals surface area contributed by atoms with Gasteiger partial charge in [-0.3, -0.25) is 0 Å². The summed E-state index contributed by atoms with van der Waals surface area (Å²) in [5, 5.41) is 0. The third-order valence-electron chi connectivity index (χ3n) is 2.85. The minimum atomic E-state index is -3.39. The summed E-state index contributed by atoms with van der Waals surface area (Å²) in [6, 6.07) is 0. The second kappa shape index (κ2) is 4.52. The van der Waals surface area contributed by atoms with Crippen molar-refractivity contribution in [3.8, 4) is 0 Å². The van der Waals surface area contributed by atoms with Gasteiger partial charge in [0, 0.05) is 38.6 Å². The molecule has 16 heavy (non-hydrogen) atoms. The maximum Gasteiger partial charge on any atom is 0.308 e. The van der Waals surface area contributed by atoms with E-state index in [0.29, 0.717) is 13.1 Å². The molecule has 6 nitrogen and oxygen atoms in total. The molecule has 1 saturated heterocycles. The first-order chi connectivity index (χ1) is 7.64. The summed E-state index contributed by atoms with van der Waals surface area (Å²) in [5.41, 5.74) is 0. The van der Waals surface area contributed by atoms with Crippen LogP contribution in [-0.2, 0) is 10.2 Å². The van der Waals surface area contributed by atoms with E-state index in [4.69, 9.17) is 0 Å². The molecule has 1 aromatic rings. The highest BCUT2D eigenvalue weighted by Crippen LogP contribution is 2.09. The van der Waals surface area contributed by atoms with Gasteiger partial charge < -0.3 is 4.90 Å². The third kappa shape index (κ3) is 2.11. The number of rotatable bonds is 3. The van der Waals surface area contributed by atoms with Gasteiger partial charge in [-0.05, 0) is 6.54 Å². The summed E-state index contributed by atoms with van der Waals surface area (Å²) < 4.78 is 26.8. The molecule has 1 fully saturated rings. The Morgan fingerprint density at radius 3 is 2.44 bits per heavy atom. The quantitative estimate of drug-likeness (QED) is 0.727. The lowest BCUT2D eigenvalue weighted by Gasteiger charge is -2.32. The zero-order chi connectivity index (χ0) is 11.6. The van der Waals surface area contributed by atoms with Crippen LogP contribution in [0.4, 0.5) is 0 Å². The Kier molecular flexibility index (Phi) is 3.27. The van der Waals surface area contributed by atoms with Crippen molar-refractivity contribution in [2.75, 3.05) is 32.7 Å². The zero-order valence-corrected chi connectivity index (χ0v) is 10.1. The molecule has 1 aliphatic rings. The van der Waals surface area contributed by atoms with E-state index in [9.17, 15) is 8.42 Å². The van der Waals surface area contributed by atoms with Crippen LogP contribution in [0.3, 0.4) is 0 Å². The van der Waals surface area contributed by atoms with E-state index in [1.165, 1.54) is 23.0 Å². The largest absolute Gasteiger partial charge is 0.308 e. The first-order valence-corrected chi connectivity index (χ1v) is 6.75. The van der Waals surface area contributed by atoms with Crippen LogP contribution in [0.1, 0.15) is 6.92 Å². The number of piperazine rings is 1. The van der Waals surface area contributed by atoms with E-state index < -0.39 is 10.2 Å². The van der Waals surface area contributed by atoms with Crippen molar-refractivity contribution in [2.24, 2.45) is 0 Å². The zero-order valence-electron chi connectivity index (χ0n) is 9.28. The SMILES string of the molecule is CCN1CCN(S(=O)(=O)n2ccnc2)CC1. The fourth-order valence-corrected chi connectivity index (χ4v) is 3.07. The highest BCUT2D eigenvalue weighted by atomic mass is 32.2. The van der Waals surface area contributed by atoms with Crippen molar-refractivity contribution in [2.45, 2.75) is 6.92 Å². The molecular formula is C9H16N4O2S. The predicted molar refractivity (Wildman–Crippen MR) is 60.2 cm³/mol. The van der Waals surface area contributed by atoms with E-state index >= 15 is 0 Å². The summed E-state index contributed by atoms with van der Waals surface area (Å²) in [7, 11) is -3.39. The summed E-state index contributed by atoms with van der Waals surface area (Å²) in [6.07, 6.45) is 4.25. The number of hydrogen-bond acceptors (Lipinski definition) is 4. The predicted octanol–water partition coefficient (Wildman–Crippen LogP) is -0.387. The fourth-order valence-electron chi connectivity index (χ4n) is 1.79. The standard InChI is InChI=1S/C9H16N4O2S/c1-2-11-5-7-12(8-6-11)16(14,15)13-4-3-10-9-13/h3-4,9H,2,5-8H2,1H3. The third-order valence-corrected chi connectivity index (χ3v) is 4.62. The van der Waals surface area contributed by atoms with Gasteiger partial charge >= 0.3 is 10.2 Å². The first kappa shape index (κ1) is 11.6. The lowest BCUT2D eigenvalue weighted by Crippen LogP contribution is -2.49. The molecule has 0 amide bonds. The minimum Gasteiger partial charge on any atom is -0.301 e. The Bertz CT molecular complexity index is 420. The summed E-state index contributed by atoms with van der Waals surface area (Å²) in [6.45, 7) is 5.75. The molecule has 1 aliphatic heterocycles. The second-order valence-electron chi connectivity index (χ2n) is 3.73. The van der Waals surface area contributed by atoms with Crippen molar-refractivity contribution in [3.05, 3.63) is 18.7 Å². The second-order valence-corrected chi connectivity index (χ2v) is 5.57. The van der Waals surface area contributed by atoms with E-state index in [1.54, 1.807) is 0 Å². The van der Waals surface area contributed by atoms with Crippen LogP contribution in [0.2, 0.25) is 0 Å². The monoisotopic (exact) mass is 244 g/mol. The van der Waals surface area contributed by atoms with Gasteiger partial charge in [0.1, 0.15) is 6.33 Å². The van der Waals surface area contributed by atoms with E-state index in [1.807, 2.05) is 0 Å². The highest BCUT2D eigenvalue weighted by Gasteiger charge is 2.27. The maximum absolute atomic E-state index is 12.1. The van der Waals surface area contributed by atoms with Gasteiger partial charge in [0.15, 0.2) is 0 Å². The minimum absolute atomic E-state index is 0.550. The lowest BCUT2D eigenvalue weighted by molar-refractivity contribution is 0.195. The molecule has 0 radical (unpaired) electrons. The van der Waals surface area contributed by atoms with Gasteiger partial charge in [0.05, 0.1) is 0 Å². The Balaban J connectivity index is 2.09. The van der Waals surface area contributed by atoms with Crippen molar-refractivity contribution in [1.29, 1.82) is 0 Å². The van der Waals surface area contributed by atoms with Crippen LogP contribution in [0, 0.1) is 0 Å². The number of likely N-dealkylation sites (N-methyl/N-ethyl adjacent to an activating group) is 1. The van der Waals surface area contributed by atoms with Crippen molar-refractivity contribution >= 4 is 10.2 Å².